The highest BCUT2D eigenvalue weighted by atomic mass is 19.4. The Bertz CT molecular complexity index is 1040. The second-order valence-corrected chi connectivity index (χ2v) is 10.4. The molecule has 11 nitrogen and oxygen atoms in total. The number of rotatable bonds is 3. The summed E-state index contributed by atoms with van der Waals surface area (Å²) in [5.74, 6) is -6.17. The van der Waals surface area contributed by atoms with Crippen LogP contribution in [-0.2, 0) is 25.7 Å². The number of carbonyl (C=O) groups is 3. The molecule has 1 unspecified atom stereocenters. The molecule has 1 aromatic heterocycles. The zero-order valence-corrected chi connectivity index (χ0v) is 24.1. The highest BCUT2D eigenvalue weighted by Gasteiger charge is 2.45. The van der Waals surface area contributed by atoms with Gasteiger partial charge in [-0.15, -0.1) is 0 Å². The maximum absolute atomic E-state index is 10.6. The van der Waals surface area contributed by atoms with Crippen LogP contribution in [0.5, 0.6) is 0 Å². The lowest BCUT2D eigenvalue weighted by molar-refractivity contribution is -0.193. The third-order valence-electron chi connectivity index (χ3n) is 6.91. The predicted molar refractivity (Wildman–Crippen MR) is 135 cm³/mol. The average Bonchev–Trinajstić information content (AvgIpc) is 3.51. The van der Waals surface area contributed by atoms with Crippen LogP contribution in [0.1, 0.15) is 30.8 Å². The molecular weight excluding hydrogens is 641 g/mol. The number of hydrogen-bond acceptors (Lipinski definition) is 8. The van der Waals surface area contributed by atoms with Crippen molar-refractivity contribution >= 4 is 17.9 Å². The van der Waals surface area contributed by atoms with E-state index in [0.717, 1.165) is 50.6 Å². The molecule has 1 spiro atoms. The largest absolute Gasteiger partial charge is 0.490 e. The van der Waals surface area contributed by atoms with E-state index >= 15 is 0 Å². The number of likely N-dealkylation sites (tertiary alicyclic amines) is 1. The van der Waals surface area contributed by atoms with E-state index in [1.807, 2.05) is 6.92 Å². The number of furan rings is 1. The van der Waals surface area contributed by atoms with E-state index in [4.69, 9.17) is 38.9 Å². The summed E-state index contributed by atoms with van der Waals surface area (Å²) in [5.41, 5.74) is 0.142. The minimum absolute atomic E-state index is 0.142. The summed E-state index contributed by atoms with van der Waals surface area (Å²) in [5, 5.41) is 21.4. The van der Waals surface area contributed by atoms with Crippen LogP contribution in [0, 0.1) is 6.92 Å². The van der Waals surface area contributed by atoms with Crippen LogP contribution < -0.4 is 0 Å². The zero-order chi connectivity index (χ0) is 34.8. The summed E-state index contributed by atoms with van der Waals surface area (Å²) in [4.78, 5) is 34.3. The second kappa shape index (κ2) is 16.5. The first-order valence-electron chi connectivity index (χ1n) is 13.2. The minimum Gasteiger partial charge on any atom is -0.475 e. The topological polar surface area (TPSA) is 144 Å². The molecule has 0 aliphatic carbocycles. The number of piperazine rings is 1. The SMILES string of the molecule is Cc1ccc(CN2CCC3(CC2)CC(N2CCN(C)CC2)CO3)o1.O=C(O)C(F)(F)F.O=C(O)C(F)(F)F.O=C(O)C(F)(F)F. The van der Waals surface area contributed by atoms with Crippen molar-refractivity contribution in [1.82, 2.24) is 14.7 Å². The molecule has 0 amide bonds. The van der Waals surface area contributed by atoms with Crippen molar-refractivity contribution in [3.63, 3.8) is 0 Å². The summed E-state index contributed by atoms with van der Waals surface area (Å²) in [7, 11) is 2.22. The molecule has 1 atom stereocenters. The van der Waals surface area contributed by atoms with Crippen molar-refractivity contribution in [2.45, 2.75) is 62.9 Å². The van der Waals surface area contributed by atoms with Crippen LogP contribution >= 0.6 is 0 Å². The van der Waals surface area contributed by atoms with Gasteiger partial charge in [0.15, 0.2) is 0 Å². The van der Waals surface area contributed by atoms with Gasteiger partial charge in [0.25, 0.3) is 0 Å². The third-order valence-corrected chi connectivity index (χ3v) is 6.91. The Morgan fingerprint density at radius 1 is 0.800 bits per heavy atom. The van der Waals surface area contributed by atoms with E-state index in [-0.39, 0.29) is 5.60 Å². The number of halogens is 9. The Hall–Kier alpha value is -3.10. The van der Waals surface area contributed by atoms with Crippen LogP contribution in [0.2, 0.25) is 0 Å². The highest BCUT2D eigenvalue weighted by molar-refractivity contribution is 5.73. The molecule has 45 heavy (non-hydrogen) atoms. The van der Waals surface area contributed by atoms with E-state index in [0.29, 0.717) is 6.04 Å². The third kappa shape index (κ3) is 14.7. The molecule has 1 aromatic rings. The first kappa shape index (κ1) is 39.9. The fraction of sp³-hybridized carbons (Fsp3) is 0.720. The molecule has 0 saturated carbocycles. The monoisotopic (exact) mass is 675 g/mol. The molecule has 3 aliphatic heterocycles. The molecule has 0 aromatic carbocycles. The minimum atomic E-state index is -5.08. The summed E-state index contributed by atoms with van der Waals surface area (Å²) in [6, 6.07) is 4.80. The summed E-state index contributed by atoms with van der Waals surface area (Å²) >= 11 is 0. The van der Waals surface area contributed by atoms with E-state index in [9.17, 15) is 39.5 Å². The molecule has 3 saturated heterocycles. The van der Waals surface area contributed by atoms with Crippen LogP contribution in [0.3, 0.4) is 0 Å². The molecule has 4 heterocycles. The van der Waals surface area contributed by atoms with E-state index in [1.54, 1.807) is 0 Å². The Morgan fingerprint density at radius 2 is 1.22 bits per heavy atom. The molecule has 4 rings (SSSR count). The number of piperidine rings is 1. The molecule has 3 aliphatic rings. The lowest BCUT2D eigenvalue weighted by atomic mass is 9.87. The number of alkyl halides is 9. The van der Waals surface area contributed by atoms with Gasteiger partial charge in [-0.05, 0) is 45.4 Å². The first-order valence-corrected chi connectivity index (χ1v) is 13.2. The second-order valence-electron chi connectivity index (χ2n) is 10.4. The van der Waals surface area contributed by atoms with Gasteiger partial charge in [0.2, 0.25) is 0 Å². The molecular formula is C25H34F9N3O8. The normalized spacial score (nSPS) is 21.0. The van der Waals surface area contributed by atoms with Gasteiger partial charge in [-0.3, -0.25) is 9.80 Å². The van der Waals surface area contributed by atoms with Crippen LogP contribution in [-0.4, -0.2) is 131 Å². The number of carboxylic acids is 3. The molecule has 3 fully saturated rings. The number of hydrogen-bond donors (Lipinski definition) is 3. The van der Waals surface area contributed by atoms with Gasteiger partial charge >= 0.3 is 36.4 Å². The first-order chi connectivity index (χ1) is 20.4. The Labute approximate surface area is 251 Å². The maximum atomic E-state index is 10.6. The van der Waals surface area contributed by atoms with Gasteiger partial charge in [-0.25, -0.2) is 14.4 Å². The zero-order valence-electron chi connectivity index (χ0n) is 24.1. The van der Waals surface area contributed by atoms with Crippen molar-refractivity contribution in [3.8, 4) is 0 Å². The molecule has 20 heteroatoms. The lowest BCUT2D eigenvalue weighted by Crippen LogP contribution is -2.50. The van der Waals surface area contributed by atoms with Crippen LogP contribution in [0.15, 0.2) is 16.5 Å². The molecule has 260 valence electrons. The molecule has 0 bridgehead atoms. The average molecular weight is 676 g/mol. The van der Waals surface area contributed by atoms with Crippen molar-refractivity contribution in [3.05, 3.63) is 23.7 Å². The molecule has 3 N–H and O–H groups in total. The quantitative estimate of drug-likeness (QED) is 0.402. The lowest BCUT2D eigenvalue weighted by Gasteiger charge is -2.39. The molecule has 0 radical (unpaired) electrons. The van der Waals surface area contributed by atoms with E-state index < -0.39 is 36.4 Å². The summed E-state index contributed by atoms with van der Waals surface area (Å²) in [6.45, 7) is 10.9. The van der Waals surface area contributed by atoms with Crippen molar-refractivity contribution in [1.29, 1.82) is 0 Å². The number of likely N-dealkylation sites (N-methyl/N-ethyl adjacent to an activating group) is 1. The smallest absolute Gasteiger partial charge is 0.475 e. The van der Waals surface area contributed by atoms with E-state index in [1.165, 1.54) is 32.6 Å². The van der Waals surface area contributed by atoms with Gasteiger partial charge in [0.1, 0.15) is 11.5 Å². The number of aryl methyl sites for hydroxylation is 1. The summed E-state index contributed by atoms with van der Waals surface area (Å²) < 4.78 is 107. The predicted octanol–water partition coefficient (Wildman–Crippen LogP) is 3.86. The van der Waals surface area contributed by atoms with Crippen LogP contribution in [0.4, 0.5) is 39.5 Å². The maximum Gasteiger partial charge on any atom is 0.490 e. The van der Waals surface area contributed by atoms with Crippen molar-refractivity contribution in [2.24, 2.45) is 0 Å². The number of nitrogens with zero attached hydrogens (tertiary/aromatic N) is 3. The number of ether oxygens (including phenoxy) is 1. The summed E-state index contributed by atoms with van der Waals surface area (Å²) in [6.07, 6.45) is -11.7. The fourth-order valence-electron chi connectivity index (χ4n) is 4.50. The van der Waals surface area contributed by atoms with Gasteiger partial charge in [-0.2, -0.15) is 39.5 Å². The van der Waals surface area contributed by atoms with Gasteiger partial charge in [0.05, 0.1) is 18.8 Å². The van der Waals surface area contributed by atoms with Crippen molar-refractivity contribution in [2.75, 3.05) is 52.9 Å². The fourth-order valence-corrected chi connectivity index (χ4v) is 4.50. The highest BCUT2D eigenvalue weighted by Crippen LogP contribution is 2.38. The van der Waals surface area contributed by atoms with E-state index in [2.05, 4.69) is 33.9 Å². The Balaban J connectivity index is 0.000000396. The van der Waals surface area contributed by atoms with Gasteiger partial charge in [-0.1, -0.05) is 0 Å². The number of aliphatic carboxylic acids is 3. The Morgan fingerprint density at radius 3 is 1.58 bits per heavy atom. The number of carboxylic acid groups (broad SMARTS) is 3. The van der Waals surface area contributed by atoms with Crippen molar-refractivity contribution < 1.29 is 78.4 Å². The van der Waals surface area contributed by atoms with Gasteiger partial charge < -0.3 is 29.4 Å². The van der Waals surface area contributed by atoms with Gasteiger partial charge in [0, 0.05) is 45.3 Å². The van der Waals surface area contributed by atoms with Crippen LogP contribution in [0.25, 0.3) is 0 Å². The Kier molecular flexibility index (Phi) is 14.6. The standard InChI is InChI=1S/C19H31N3O2.3C2HF3O2/c1-16-3-4-18(24-16)14-21-7-5-19(6-8-21)13-17(15-23-19)22-11-9-20(2)10-12-22;3*3-2(4,5)1(6)7/h3-4,17H,5-15H2,1-2H3;3*(H,6,7).